The largest absolute Gasteiger partial charge is 0.349 e. The summed E-state index contributed by atoms with van der Waals surface area (Å²) >= 11 is 0. The van der Waals surface area contributed by atoms with Crippen molar-refractivity contribution in [1.29, 1.82) is 0 Å². The minimum atomic E-state index is -1.18. The van der Waals surface area contributed by atoms with Crippen LogP contribution in [0.2, 0.25) is 0 Å². The average molecular weight is 474 g/mol. The van der Waals surface area contributed by atoms with Crippen LogP contribution in [0.1, 0.15) is 37.9 Å². The molecule has 0 bridgehead atoms. The number of nitrogens with one attached hydrogen (secondary N) is 1. The summed E-state index contributed by atoms with van der Waals surface area (Å²) in [5.41, 5.74) is 1.72. The van der Waals surface area contributed by atoms with Gasteiger partial charge in [-0.05, 0) is 44.5 Å². The van der Waals surface area contributed by atoms with Crippen LogP contribution in [-0.4, -0.2) is 37.2 Å². The second-order valence-electron chi connectivity index (χ2n) is 9.41. The standard InChI is InChI=1S/C27H28FN5O2/c1-27(2,3)29-26(35)25(20-13-7-8-14-21(20)28)32(17-19-11-5-4-6-12-19)24(34)18-33-23-16-10-9-15-22(23)30-31-33/h4-16,25H,17-18H2,1-3H3,(H,29,35)/t25-/m0/s1. The highest BCUT2D eigenvalue weighted by Gasteiger charge is 2.35. The predicted octanol–water partition coefficient (Wildman–Crippen LogP) is 4.26. The highest BCUT2D eigenvalue weighted by Crippen LogP contribution is 2.27. The second-order valence-corrected chi connectivity index (χ2v) is 9.41. The highest BCUT2D eigenvalue weighted by atomic mass is 19.1. The Balaban J connectivity index is 1.77. The van der Waals surface area contributed by atoms with E-state index >= 15 is 4.39 Å². The Morgan fingerprint density at radius 3 is 2.34 bits per heavy atom. The first-order valence-electron chi connectivity index (χ1n) is 11.4. The van der Waals surface area contributed by atoms with Crippen molar-refractivity contribution in [2.45, 2.75) is 45.4 Å². The fourth-order valence-electron chi connectivity index (χ4n) is 3.94. The molecule has 3 aromatic carbocycles. The number of rotatable bonds is 7. The molecule has 1 atom stereocenters. The van der Waals surface area contributed by atoms with Crippen LogP contribution in [-0.2, 0) is 22.7 Å². The lowest BCUT2D eigenvalue weighted by Crippen LogP contribution is -2.49. The van der Waals surface area contributed by atoms with Crippen LogP contribution in [0.15, 0.2) is 78.9 Å². The minimum absolute atomic E-state index is 0.114. The van der Waals surface area contributed by atoms with E-state index in [1.54, 1.807) is 18.2 Å². The number of carbonyl (C=O) groups excluding carboxylic acids is 2. The van der Waals surface area contributed by atoms with E-state index in [9.17, 15) is 9.59 Å². The number of fused-ring (bicyclic) bond motifs is 1. The number of nitrogens with zero attached hydrogens (tertiary/aromatic N) is 4. The Morgan fingerprint density at radius 1 is 0.971 bits per heavy atom. The summed E-state index contributed by atoms with van der Waals surface area (Å²) in [5.74, 6) is -1.41. The first kappa shape index (κ1) is 24.1. The van der Waals surface area contributed by atoms with Crippen LogP contribution in [0.4, 0.5) is 4.39 Å². The molecule has 0 aliphatic carbocycles. The van der Waals surface area contributed by atoms with Crippen LogP contribution >= 0.6 is 0 Å². The van der Waals surface area contributed by atoms with E-state index in [1.165, 1.54) is 15.6 Å². The molecule has 8 heteroatoms. The number of amides is 2. The van der Waals surface area contributed by atoms with Crippen LogP contribution in [0.5, 0.6) is 0 Å². The lowest BCUT2D eigenvalue weighted by molar-refractivity contribution is -0.143. The van der Waals surface area contributed by atoms with Crippen molar-refractivity contribution in [3.05, 3.63) is 95.8 Å². The Labute approximate surface area is 203 Å². The molecule has 7 nitrogen and oxygen atoms in total. The van der Waals surface area contributed by atoms with Gasteiger partial charge in [0.2, 0.25) is 11.8 Å². The van der Waals surface area contributed by atoms with Gasteiger partial charge in [0.15, 0.2) is 0 Å². The quantitative estimate of drug-likeness (QED) is 0.435. The monoisotopic (exact) mass is 473 g/mol. The molecule has 0 saturated carbocycles. The Morgan fingerprint density at radius 2 is 1.63 bits per heavy atom. The fraction of sp³-hybridized carbons (Fsp3) is 0.259. The molecule has 0 aliphatic rings. The molecule has 4 aromatic rings. The van der Waals surface area contributed by atoms with Gasteiger partial charge in [-0.3, -0.25) is 9.59 Å². The third-order valence-electron chi connectivity index (χ3n) is 5.48. The first-order valence-corrected chi connectivity index (χ1v) is 11.4. The second kappa shape index (κ2) is 10.0. The number of para-hydroxylation sites is 1. The lowest BCUT2D eigenvalue weighted by Gasteiger charge is -2.34. The van der Waals surface area contributed by atoms with Gasteiger partial charge >= 0.3 is 0 Å². The van der Waals surface area contributed by atoms with Crippen molar-refractivity contribution in [2.75, 3.05) is 0 Å². The van der Waals surface area contributed by atoms with Crippen molar-refractivity contribution in [1.82, 2.24) is 25.2 Å². The van der Waals surface area contributed by atoms with Gasteiger partial charge in [0.25, 0.3) is 0 Å². The molecule has 35 heavy (non-hydrogen) atoms. The number of carbonyl (C=O) groups is 2. The van der Waals surface area contributed by atoms with Crippen LogP contribution in [0, 0.1) is 5.82 Å². The normalized spacial score (nSPS) is 12.3. The maximum atomic E-state index is 15.0. The molecule has 0 radical (unpaired) electrons. The van der Waals surface area contributed by atoms with E-state index in [-0.39, 0.29) is 24.6 Å². The summed E-state index contributed by atoms with van der Waals surface area (Å²) in [6, 6.07) is 21.5. The zero-order chi connectivity index (χ0) is 25.0. The van der Waals surface area contributed by atoms with Crippen molar-refractivity contribution < 1.29 is 14.0 Å². The zero-order valence-electron chi connectivity index (χ0n) is 20.0. The number of halogens is 1. The van der Waals surface area contributed by atoms with Gasteiger partial charge in [-0.1, -0.05) is 65.9 Å². The molecule has 2 amide bonds. The van der Waals surface area contributed by atoms with Gasteiger partial charge in [0.1, 0.15) is 23.9 Å². The van der Waals surface area contributed by atoms with E-state index in [1.807, 2.05) is 75.4 Å². The molecule has 1 aromatic heterocycles. The Bertz CT molecular complexity index is 1330. The summed E-state index contributed by atoms with van der Waals surface area (Å²) in [4.78, 5) is 28.8. The van der Waals surface area contributed by atoms with Crippen molar-refractivity contribution in [2.24, 2.45) is 0 Å². The topological polar surface area (TPSA) is 80.1 Å². The van der Waals surface area contributed by atoms with E-state index in [2.05, 4.69) is 15.6 Å². The molecule has 0 spiro atoms. The van der Waals surface area contributed by atoms with E-state index in [4.69, 9.17) is 0 Å². The fourth-order valence-corrected chi connectivity index (χ4v) is 3.94. The predicted molar refractivity (Wildman–Crippen MR) is 132 cm³/mol. The first-order chi connectivity index (χ1) is 16.7. The number of hydrogen-bond donors (Lipinski definition) is 1. The summed E-state index contributed by atoms with van der Waals surface area (Å²) in [7, 11) is 0. The minimum Gasteiger partial charge on any atom is -0.349 e. The molecule has 180 valence electrons. The number of aromatic nitrogens is 3. The van der Waals surface area contributed by atoms with E-state index in [0.29, 0.717) is 11.0 Å². The zero-order valence-corrected chi connectivity index (χ0v) is 20.0. The number of hydrogen-bond acceptors (Lipinski definition) is 4. The SMILES string of the molecule is CC(C)(C)NC(=O)[C@H](c1ccccc1F)N(Cc1ccccc1)C(=O)Cn1nnc2ccccc21. The van der Waals surface area contributed by atoms with Gasteiger partial charge < -0.3 is 10.2 Å². The summed E-state index contributed by atoms with van der Waals surface area (Å²) in [5, 5.41) is 11.2. The highest BCUT2D eigenvalue weighted by molar-refractivity contribution is 5.89. The van der Waals surface area contributed by atoms with Crippen molar-refractivity contribution >= 4 is 22.8 Å². The van der Waals surface area contributed by atoms with Crippen LogP contribution in [0.3, 0.4) is 0 Å². The molecule has 1 heterocycles. The maximum Gasteiger partial charge on any atom is 0.247 e. The number of benzene rings is 3. The third kappa shape index (κ3) is 5.71. The van der Waals surface area contributed by atoms with Crippen molar-refractivity contribution in [3.63, 3.8) is 0 Å². The molecule has 0 saturated heterocycles. The third-order valence-corrected chi connectivity index (χ3v) is 5.48. The van der Waals surface area contributed by atoms with Gasteiger partial charge in [-0.2, -0.15) is 0 Å². The van der Waals surface area contributed by atoms with Gasteiger partial charge in [0.05, 0.1) is 5.52 Å². The average Bonchev–Trinajstić information content (AvgIpc) is 3.22. The summed E-state index contributed by atoms with van der Waals surface area (Å²) in [6.07, 6.45) is 0. The van der Waals surface area contributed by atoms with Crippen LogP contribution in [0.25, 0.3) is 11.0 Å². The molecule has 0 fully saturated rings. The van der Waals surface area contributed by atoms with E-state index < -0.39 is 23.3 Å². The molecule has 0 unspecified atom stereocenters. The Kier molecular flexibility index (Phi) is 6.91. The summed E-state index contributed by atoms with van der Waals surface area (Å²) < 4.78 is 16.5. The van der Waals surface area contributed by atoms with E-state index in [0.717, 1.165) is 5.56 Å². The molecule has 1 N–H and O–H groups in total. The molecule has 0 aliphatic heterocycles. The lowest BCUT2D eigenvalue weighted by atomic mass is 10.00. The van der Waals surface area contributed by atoms with Gasteiger partial charge in [-0.25, -0.2) is 9.07 Å². The smallest absolute Gasteiger partial charge is 0.247 e. The molecular weight excluding hydrogens is 445 g/mol. The van der Waals surface area contributed by atoms with Gasteiger partial charge in [0, 0.05) is 17.6 Å². The molecule has 4 rings (SSSR count). The maximum absolute atomic E-state index is 15.0. The van der Waals surface area contributed by atoms with Crippen LogP contribution < -0.4 is 5.32 Å². The molecular formula is C27H28FN5O2. The van der Waals surface area contributed by atoms with Crippen molar-refractivity contribution in [3.8, 4) is 0 Å². The Hall–Kier alpha value is -4.07. The summed E-state index contributed by atoms with van der Waals surface area (Å²) in [6.45, 7) is 5.49. The van der Waals surface area contributed by atoms with Gasteiger partial charge in [-0.15, -0.1) is 5.10 Å².